The minimum atomic E-state index is 0.128. The summed E-state index contributed by atoms with van der Waals surface area (Å²) in [4.78, 5) is 14.3. The second kappa shape index (κ2) is 3.82. The summed E-state index contributed by atoms with van der Waals surface area (Å²) in [5.74, 6) is 0.128. The highest BCUT2D eigenvalue weighted by Crippen LogP contribution is 2.14. The smallest absolute Gasteiger partial charge is 0.239 e. The number of nitriles is 1. The van der Waals surface area contributed by atoms with Crippen molar-refractivity contribution in [2.75, 3.05) is 5.73 Å². The molecule has 0 aliphatic rings. The third-order valence-electron chi connectivity index (χ3n) is 2.03. The van der Waals surface area contributed by atoms with Gasteiger partial charge in [-0.05, 0) is 18.2 Å². The Kier molecular flexibility index (Phi) is 2.36. The van der Waals surface area contributed by atoms with Crippen molar-refractivity contribution < 1.29 is 4.79 Å². The highest BCUT2D eigenvalue weighted by molar-refractivity contribution is 5.76. The van der Waals surface area contributed by atoms with Crippen LogP contribution in [0.4, 0.5) is 5.95 Å². The van der Waals surface area contributed by atoms with Gasteiger partial charge in [-0.15, -0.1) is 5.10 Å². The van der Waals surface area contributed by atoms with Gasteiger partial charge in [0.1, 0.15) is 18.7 Å². The van der Waals surface area contributed by atoms with Crippen LogP contribution in [0.1, 0.15) is 15.9 Å². The lowest BCUT2D eigenvalue weighted by atomic mass is 10.1. The van der Waals surface area contributed by atoms with Crippen LogP contribution in [0.15, 0.2) is 24.5 Å². The molecule has 2 rings (SSSR count). The molecule has 0 aliphatic carbocycles. The monoisotopic (exact) mass is 213 g/mol. The Morgan fingerprint density at radius 1 is 1.50 bits per heavy atom. The Labute approximate surface area is 90.9 Å². The molecule has 0 saturated carbocycles. The van der Waals surface area contributed by atoms with Crippen LogP contribution >= 0.6 is 0 Å². The van der Waals surface area contributed by atoms with E-state index in [0.717, 1.165) is 0 Å². The molecule has 2 N–H and O–H groups in total. The van der Waals surface area contributed by atoms with Gasteiger partial charge in [-0.2, -0.15) is 5.26 Å². The zero-order valence-corrected chi connectivity index (χ0v) is 8.16. The Hall–Kier alpha value is -2.68. The van der Waals surface area contributed by atoms with Crippen LogP contribution < -0.4 is 5.73 Å². The summed E-state index contributed by atoms with van der Waals surface area (Å²) in [5.41, 5.74) is 6.70. The number of aromatic nitrogens is 3. The Bertz CT molecular complexity index is 581. The first-order valence-electron chi connectivity index (χ1n) is 4.41. The molecular formula is C10H7N5O. The average Bonchev–Trinajstić information content (AvgIpc) is 2.74. The van der Waals surface area contributed by atoms with Gasteiger partial charge in [0.2, 0.25) is 5.95 Å². The van der Waals surface area contributed by atoms with E-state index in [4.69, 9.17) is 11.0 Å². The second-order valence-corrected chi connectivity index (χ2v) is 3.05. The fourth-order valence-electron chi connectivity index (χ4n) is 1.31. The molecule has 0 fully saturated rings. The summed E-state index contributed by atoms with van der Waals surface area (Å²) in [6.07, 6.45) is 2.09. The number of nitrogen functional groups attached to an aromatic ring is 1. The van der Waals surface area contributed by atoms with E-state index in [9.17, 15) is 4.79 Å². The van der Waals surface area contributed by atoms with E-state index in [2.05, 4.69) is 10.1 Å². The number of aldehydes is 1. The molecule has 78 valence electrons. The van der Waals surface area contributed by atoms with E-state index in [1.165, 1.54) is 17.1 Å². The maximum absolute atomic E-state index is 10.6. The molecule has 0 spiro atoms. The SMILES string of the molecule is N#Cc1cc(C=O)ccc1-n1cnc(N)n1. The lowest BCUT2D eigenvalue weighted by Gasteiger charge is -2.02. The van der Waals surface area contributed by atoms with Gasteiger partial charge in [0, 0.05) is 5.56 Å². The number of anilines is 1. The molecule has 1 heterocycles. The van der Waals surface area contributed by atoms with E-state index >= 15 is 0 Å². The quantitative estimate of drug-likeness (QED) is 0.734. The van der Waals surface area contributed by atoms with Gasteiger partial charge in [0.15, 0.2) is 0 Å². The topological polar surface area (TPSA) is 97.6 Å². The van der Waals surface area contributed by atoms with Crippen LogP contribution in [0.5, 0.6) is 0 Å². The lowest BCUT2D eigenvalue weighted by molar-refractivity contribution is 0.112. The Morgan fingerprint density at radius 3 is 2.88 bits per heavy atom. The van der Waals surface area contributed by atoms with E-state index in [1.54, 1.807) is 12.1 Å². The van der Waals surface area contributed by atoms with Gasteiger partial charge in [-0.1, -0.05) is 0 Å². The summed E-state index contributed by atoms with van der Waals surface area (Å²) in [7, 11) is 0. The fourth-order valence-corrected chi connectivity index (χ4v) is 1.31. The van der Waals surface area contributed by atoms with Crippen molar-refractivity contribution in [3.8, 4) is 11.8 Å². The van der Waals surface area contributed by atoms with Crippen molar-refractivity contribution in [1.82, 2.24) is 14.8 Å². The first-order chi connectivity index (χ1) is 7.74. The number of carbonyl (C=O) groups is 1. The molecule has 0 amide bonds. The summed E-state index contributed by atoms with van der Waals surface area (Å²) < 4.78 is 1.39. The Balaban J connectivity index is 2.57. The van der Waals surface area contributed by atoms with Crippen LogP contribution in [-0.4, -0.2) is 21.1 Å². The van der Waals surface area contributed by atoms with Crippen molar-refractivity contribution in [1.29, 1.82) is 5.26 Å². The average molecular weight is 213 g/mol. The highest BCUT2D eigenvalue weighted by atomic mass is 16.1. The third kappa shape index (κ3) is 1.62. The number of rotatable bonds is 2. The van der Waals surface area contributed by atoms with Gasteiger partial charge in [-0.25, -0.2) is 9.67 Å². The zero-order chi connectivity index (χ0) is 11.5. The van der Waals surface area contributed by atoms with Crippen LogP contribution in [0.25, 0.3) is 5.69 Å². The standard InChI is InChI=1S/C10H7N5O/c11-4-8-3-7(5-16)1-2-9(8)15-6-13-10(12)14-15/h1-3,5-6H,(H2,12,14). The summed E-state index contributed by atoms with van der Waals surface area (Å²) >= 11 is 0. The second-order valence-electron chi connectivity index (χ2n) is 3.05. The molecule has 1 aromatic heterocycles. The maximum Gasteiger partial charge on any atom is 0.239 e. The van der Waals surface area contributed by atoms with Crippen molar-refractivity contribution in [3.05, 3.63) is 35.7 Å². The van der Waals surface area contributed by atoms with Crippen LogP contribution in [-0.2, 0) is 0 Å². The normalized spacial score (nSPS) is 9.69. The van der Waals surface area contributed by atoms with Gasteiger partial charge in [-0.3, -0.25) is 4.79 Å². The maximum atomic E-state index is 10.6. The predicted octanol–water partition coefficient (Wildman–Crippen LogP) is 0.534. The van der Waals surface area contributed by atoms with E-state index < -0.39 is 0 Å². The molecule has 0 radical (unpaired) electrons. The number of hydrogen-bond acceptors (Lipinski definition) is 5. The third-order valence-corrected chi connectivity index (χ3v) is 2.03. The summed E-state index contributed by atoms with van der Waals surface area (Å²) in [6, 6.07) is 6.70. The molecule has 1 aromatic carbocycles. The minimum Gasteiger partial charge on any atom is -0.366 e. The molecule has 0 atom stereocenters. The van der Waals surface area contributed by atoms with Crippen LogP contribution in [0.3, 0.4) is 0 Å². The molecule has 6 heteroatoms. The van der Waals surface area contributed by atoms with E-state index in [1.807, 2.05) is 6.07 Å². The first kappa shape index (κ1) is 9.86. The van der Waals surface area contributed by atoms with E-state index in [0.29, 0.717) is 23.1 Å². The van der Waals surface area contributed by atoms with Crippen LogP contribution in [0.2, 0.25) is 0 Å². The van der Waals surface area contributed by atoms with Crippen molar-refractivity contribution in [2.45, 2.75) is 0 Å². The van der Waals surface area contributed by atoms with Crippen LogP contribution in [0, 0.1) is 11.3 Å². The fraction of sp³-hybridized carbons (Fsp3) is 0. The molecule has 2 aromatic rings. The van der Waals surface area contributed by atoms with Gasteiger partial charge < -0.3 is 5.73 Å². The molecule has 0 unspecified atom stereocenters. The number of nitrogens with zero attached hydrogens (tertiary/aromatic N) is 4. The molecule has 16 heavy (non-hydrogen) atoms. The Morgan fingerprint density at radius 2 is 2.31 bits per heavy atom. The molecular weight excluding hydrogens is 206 g/mol. The van der Waals surface area contributed by atoms with Crippen molar-refractivity contribution in [3.63, 3.8) is 0 Å². The zero-order valence-electron chi connectivity index (χ0n) is 8.16. The largest absolute Gasteiger partial charge is 0.366 e. The van der Waals surface area contributed by atoms with Gasteiger partial charge in [0.25, 0.3) is 0 Å². The number of nitrogens with two attached hydrogens (primary N) is 1. The number of carbonyl (C=O) groups excluding carboxylic acids is 1. The lowest BCUT2D eigenvalue weighted by Crippen LogP contribution is -2.00. The van der Waals surface area contributed by atoms with Gasteiger partial charge in [0.05, 0.1) is 11.3 Å². The highest BCUT2D eigenvalue weighted by Gasteiger charge is 2.07. The molecule has 6 nitrogen and oxygen atoms in total. The van der Waals surface area contributed by atoms with Gasteiger partial charge >= 0.3 is 0 Å². The molecule has 0 saturated heterocycles. The van der Waals surface area contributed by atoms with E-state index in [-0.39, 0.29) is 5.95 Å². The summed E-state index contributed by atoms with van der Waals surface area (Å²) in [6.45, 7) is 0. The first-order valence-corrected chi connectivity index (χ1v) is 4.41. The minimum absolute atomic E-state index is 0.128. The number of hydrogen-bond donors (Lipinski definition) is 1. The number of benzene rings is 1. The van der Waals surface area contributed by atoms with Crippen molar-refractivity contribution in [2.24, 2.45) is 0 Å². The molecule has 0 aliphatic heterocycles. The predicted molar refractivity (Wildman–Crippen MR) is 55.9 cm³/mol. The molecule has 0 bridgehead atoms. The summed E-state index contributed by atoms with van der Waals surface area (Å²) in [5, 5.41) is 12.8. The van der Waals surface area contributed by atoms with Crippen molar-refractivity contribution >= 4 is 12.2 Å².